The van der Waals surface area contributed by atoms with Gasteiger partial charge in [0.05, 0.1) is 17.9 Å². The number of carbonyl (C=O) groups excluding carboxylic acids is 1. The van der Waals surface area contributed by atoms with Crippen LogP contribution in [0.25, 0.3) is 0 Å². The summed E-state index contributed by atoms with van der Waals surface area (Å²) in [5, 5.41) is 11.5. The van der Waals surface area contributed by atoms with Gasteiger partial charge in [-0.2, -0.15) is 0 Å². The summed E-state index contributed by atoms with van der Waals surface area (Å²) in [5.41, 5.74) is 1.08. The van der Waals surface area contributed by atoms with Crippen molar-refractivity contribution in [2.24, 2.45) is 0 Å². The van der Waals surface area contributed by atoms with E-state index >= 15 is 0 Å². The maximum Gasteiger partial charge on any atom is 0.233 e. The molecule has 1 aromatic carbocycles. The fraction of sp³-hybridized carbons (Fsp3) is 0.438. The van der Waals surface area contributed by atoms with Gasteiger partial charge in [0.25, 0.3) is 0 Å². The van der Waals surface area contributed by atoms with Crippen molar-refractivity contribution in [3.8, 4) is 0 Å². The number of hydrogen-bond acceptors (Lipinski definition) is 5. The van der Waals surface area contributed by atoms with Crippen LogP contribution in [0.5, 0.6) is 0 Å². The first-order chi connectivity index (χ1) is 11.1. The van der Waals surface area contributed by atoms with Crippen LogP contribution in [0.4, 0.5) is 0 Å². The third-order valence-corrected chi connectivity index (χ3v) is 4.52. The Morgan fingerprint density at radius 1 is 1.35 bits per heavy atom. The highest BCUT2D eigenvalue weighted by Gasteiger charge is 2.19. The van der Waals surface area contributed by atoms with Gasteiger partial charge in [-0.15, -0.1) is 10.2 Å². The van der Waals surface area contributed by atoms with Crippen LogP contribution < -0.4 is 5.32 Å². The van der Waals surface area contributed by atoms with Crippen molar-refractivity contribution in [3.05, 3.63) is 42.2 Å². The van der Waals surface area contributed by atoms with Gasteiger partial charge in [-0.3, -0.25) is 4.79 Å². The standard InChI is InChI=1S/C16H22N4O2S/c1-12(14-7-5-4-6-8-14)18-15(21)13(2)23-16-19-17-11-20(16)9-10-22-3/h4-8,11-13H,9-10H2,1-3H3,(H,18,21). The molecule has 2 rings (SSSR count). The minimum absolute atomic E-state index is 0.0207. The predicted molar refractivity (Wildman–Crippen MR) is 90.2 cm³/mol. The van der Waals surface area contributed by atoms with Gasteiger partial charge in [0.15, 0.2) is 5.16 Å². The highest BCUT2D eigenvalue weighted by Crippen LogP contribution is 2.22. The van der Waals surface area contributed by atoms with Crippen LogP contribution in [-0.2, 0) is 16.1 Å². The molecule has 1 aromatic heterocycles. The van der Waals surface area contributed by atoms with Crippen LogP contribution in [0.1, 0.15) is 25.5 Å². The number of carbonyl (C=O) groups is 1. The first-order valence-corrected chi connectivity index (χ1v) is 8.38. The zero-order chi connectivity index (χ0) is 16.7. The number of nitrogens with zero attached hydrogens (tertiary/aromatic N) is 3. The summed E-state index contributed by atoms with van der Waals surface area (Å²) >= 11 is 1.39. The average Bonchev–Trinajstić information content (AvgIpc) is 3.00. The molecule has 124 valence electrons. The lowest BCUT2D eigenvalue weighted by molar-refractivity contribution is -0.120. The Bertz CT molecular complexity index is 618. The van der Waals surface area contributed by atoms with E-state index in [2.05, 4.69) is 15.5 Å². The van der Waals surface area contributed by atoms with Gasteiger partial charge < -0.3 is 14.6 Å². The van der Waals surface area contributed by atoms with E-state index in [1.54, 1.807) is 13.4 Å². The van der Waals surface area contributed by atoms with E-state index in [0.717, 1.165) is 10.7 Å². The summed E-state index contributed by atoms with van der Waals surface area (Å²) in [5.74, 6) is -0.0207. The molecule has 0 saturated heterocycles. The van der Waals surface area contributed by atoms with Crippen LogP contribution in [0.3, 0.4) is 0 Å². The van der Waals surface area contributed by atoms with E-state index < -0.39 is 0 Å². The first-order valence-electron chi connectivity index (χ1n) is 7.50. The van der Waals surface area contributed by atoms with Crippen LogP contribution in [0.15, 0.2) is 41.8 Å². The van der Waals surface area contributed by atoms with Crippen molar-refractivity contribution >= 4 is 17.7 Å². The Labute approximate surface area is 140 Å². The molecule has 0 aliphatic heterocycles. The van der Waals surface area contributed by atoms with Crippen molar-refractivity contribution in [2.45, 2.75) is 36.8 Å². The average molecular weight is 334 g/mol. The molecule has 0 aliphatic carbocycles. The maximum atomic E-state index is 12.4. The molecule has 0 fully saturated rings. The Morgan fingerprint density at radius 2 is 2.09 bits per heavy atom. The lowest BCUT2D eigenvalue weighted by Crippen LogP contribution is -2.33. The molecule has 1 N–H and O–H groups in total. The summed E-state index contributed by atoms with van der Waals surface area (Å²) in [7, 11) is 1.65. The quantitative estimate of drug-likeness (QED) is 0.750. The number of aromatic nitrogens is 3. The van der Waals surface area contributed by atoms with Crippen molar-refractivity contribution in [1.82, 2.24) is 20.1 Å². The Balaban J connectivity index is 1.91. The Kier molecular flexibility index (Phi) is 6.61. The number of amides is 1. The smallest absolute Gasteiger partial charge is 0.233 e. The van der Waals surface area contributed by atoms with Crippen LogP contribution in [0, 0.1) is 0 Å². The topological polar surface area (TPSA) is 69.0 Å². The number of benzene rings is 1. The monoisotopic (exact) mass is 334 g/mol. The van der Waals surface area contributed by atoms with E-state index in [0.29, 0.717) is 13.2 Å². The second-order valence-corrected chi connectivity index (χ2v) is 6.51. The van der Waals surface area contributed by atoms with Gasteiger partial charge in [0, 0.05) is 13.7 Å². The van der Waals surface area contributed by atoms with Gasteiger partial charge in [0.1, 0.15) is 6.33 Å². The molecule has 7 heteroatoms. The maximum absolute atomic E-state index is 12.4. The number of thioether (sulfide) groups is 1. The molecule has 0 radical (unpaired) electrons. The molecular weight excluding hydrogens is 312 g/mol. The Morgan fingerprint density at radius 3 is 2.78 bits per heavy atom. The molecule has 23 heavy (non-hydrogen) atoms. The van der Waals surface area contributed by atoms with Gasteiger partial charge in [-0.25, -0.2) is 0 Å². The van der Waals surface area contributed by atoms with E-state index in [4.69, 9.17) is 4.74 Å². The second kappa shape index (κ2) is 8.69. The molecule has 0 spiro atoms. The summed E-state index contributed by atoms with van der Waals surface area (Å²) < 4.78 is 6.95. The van der Waals surface area contributed by atoms with E-state index in [9.17, 15) is 4.79 Å². The molecule has 0 saturated carbocycles. The molecule has 0 bridgehead atoms. The van der Waals surface area contributed by atoms with Crippen molar-refractivity contribution in [2.75, 3.05) is 13.7 Å². The molecule has 2 unspecified atom stereocenters. The second-order valence-electron chi connectivity index (χ2n) is 5.20. The zero-order valence-corrected chi connectivity index (χ0v) is 14.4. The van der Waals surface area contributed by atoms with Crippen LogP contribution >= 0.6 is 11.8 Å². The third kappa shape index (κ3) is 5.07. The van der Waals surface area contributed by atoms with Crippen LogP contribution in [0.2, 0.25) is 0 Å². The Hall–Kier alpha value is -1.86. The normalized spacial score (nSPS) is 13.5. The fourth-order valence-corrected chi connectivity index (χ4v) is 2.91. The fourth-order valence-electron chi connectivity index (χ4n) is 2.05. The van der Waals surface area contributed by atoms with Gasteiger partial charge in [-0.05, 0) is 19.4 Å². The summed E-state index contributed by atoms with van der Waals surface area (Å²) in [6.45, 7) is 5.09. The molecule has 6 nitrogen and oxygen atoms in total. The lowest BCUT2D eigenvalue weighted by Gasteiger charge is -2.17. The van der Waals surface area contributed by atoms with Gasteiger partial charge in [-0.1, -0.05) is 42.1 Å². The number of ether oxygens (including phenoxy) is 1. The molecule has 2 aromatic rings. The minimum Gasteiger partial charge on any atom is -0.383 e. The van der Waals surface area contributed by atoms with Gasteiger partial charge >= 0.3 is 0 Å². The van der Waals surface area contributed by atoms with Crippen molar-refractivity contribution in [3.63, 3.8) is 0 Å². The van der Waals surface area contributed by atoms with Crippen LogP contribution in [-0.4, -0.2) is 39.6 Å². The number of rotatable bonds is 8. The SMILES string of the molecule is COCCn1cnnc1SC(C)C(=O)NC(C)c1ccccc1. The van der Waals surface area contributed by atoms with Gasteiger partial charge in [0.2, 0.25) is 5.91 Å². The van der Waals surface area contributed by atoms with E-state index in [-0.39, 0.29) is 17.2 Å². The summed E-state index contributed by atoms with van der Waals surface area (Å²) in [6, 6.07) is 9.87. The van der Waals surface area contributed by atoms with E-state index in [1.807, 2.05) is 48.7 Å². The molecule has 0 aliphatic rings. The molecular formula is C16H22N4O2S. The molecule has 1 heterocycles. The highest BCUT2D eigenvalue weighted by atomic mass is 32.2. The molecule has 1 amide bonds. The van der Waals surface area contributed by atoms with Crippen molar-refractivity contribution < 1.29 is 9.53 Å². The summed E-state index contributed by atoms with van der Waals surface area (Å²) in [4.78, 5) is 12.4. The first kappa shape index (κ1) is 17.5. The number of hydrogen-bond donors (Lipinski definition) is 1. The van der Waals surface area contributed by atoms with Crippen molar-refractivity contribution in [1.29, 1.82) is 0 Å². The molecule has 2 atom stereocenters. The largest absolute Gasteiger partial charge is 0.383 e. The summed E-state index contributed by atoms with van der Waals surface area (Å²) in [6.07, 6.45) is 1.65. The number of methoxy groups -OCH3 is 1. The number of nitrogens with one attached hydrogen (secondary N) is 1. The van der Waals surface area contributed by atoms with E-state index in [1.165, 1.54) is 11.8 Å². The highest BCUT2D eigenvalue weighted by molar-refractivity contribution is 8.00. The predicted octanol–water partition coefficient (Wildman–Crippen LogP) is 2.28. The third-order valence-electron chi connectivity index (χ3n) is 3.43. The lowest BCUT2D eigenvalue weighted by atomic mass is 10.1. The minimum atomic E-state index is -0.258. The zero-order valence-electron chi connectivity index (χ0n) is 13.6.